The van der Waals surface area contributed by atoms with E-state index in [1.807, 2.05) is 38.1 Å². The Balaban J connectivity index is 1.45. The van der Waals surface area contributed by atoms with Crippen LogP contribution in [0.5, 0.6) is 0 Å². The highest BCUT2D eigenvalue weighted by atomic mass is 16.5. The van der Waals surface area contributed by atoms with Gasteiger partial charge < -0.3 is 20.1 Å². The van der Waals surface area contributed by atoms with Gasteiger partial charge in [-0.2, -0.15) is 0 Å². The number of nitrogens with one attached hydrogen (secondary N) is 1. The minimum atomic E-state index is -1.10. The lowest BCUT2D eigenvalue weighted by atomic mass is 9.90. The van der Waals surface area contributed by atoms with Crippen molar-refractivity contribution in [1.82, 2.24) is 10.2 Å². The molecule has 2 aliphatic rings. The number of carboxylic acids is 1. The van der Waals surface area contributed by atoms with E-state index in [0.29, 0.717) is 25.0 Å². The van der Waals surface area contributed by atoms with Gasteiger partial charge >= 0.3 is 12.1 Å². The lowest BCUT2D eigenvalue weighted by molar-refractivity contribution is -0.139. The summed E-state index contributed by atoms with van der Waals surface area (Å²) in [5, 5.41) is 12.0. The van der Waals surface area contributed by atoms with E-state index in [1.165, 1.54) is 0 Å². The largest absolute Gasteiger partial charge is 0.478 e. The molecule has 1 heterocycles. The van der Waals surface area contributed by atoms with E-state index < -0.39 is 17.6 Å². The van der Waals surface area contributed by atoms with Gasteiger partial charge in [0.15, 0.2) is 0 Å². The molecule has 178 valence electrons. The standard InChI is InChI=1S/C27H30N2O5/c1-3-27(4-2,25(32)29-15-13-18(14-16-29)24(30)31)28-26(33)34-17-23-21-11-7-5-9-19(21)20-10-6-8-12-22(20)23/h5-13,23H,3-4,14-17H2,1-2H3,(H,28,33)(H,30,31). The van der Waals surface area contributed by atoms with Crippen LogP contribution in [0.1, 0.15) is 50.2 Å². The number of carbonyl (C=O) groups is 3. The lowest BCUT2D eigenvalue weighted by Crippen LogP contribution is -2.59. The van der Waals surface area contributed by atoms with Crippen LogP contribution >= 0.6 is 0 Å². The van der Waals surface area contributed by atoms with E-state index in [4.69, 9.17) is 9.84 Å². The van der Waals surface area contributed by atoms with Crippen molar-refractivity contribution in [1.29, 1.82) is 0 Å². The summed E-state index contributed by atoms with van der Waals surface area (Å²) in [7, 11) is 0. The van der Waals surface area contributed by atoms with Gasteiger partial charge in [0, 0.05) is 24.6 Å². The zero-order chi connectivity index (χ0) is 24.3. The molecule has 0 saturated heterocycles. The van der Waals surface area contributed by atoms with Gasteiger partial charge in [-0.15, -0.1) is 0 Å². The molecule has 0 radical (unpaired) electrons. The van der Waals surface area contributed by atoms with Gasteiger partial charge in [0.05, 0.1) is 0 Å². The third-order valence-electron chi connectivity index (χ3n) is 7.07. The van der Waals surface area contributed by atoms with E-state index in [0.717, 1.165) is 22.3 Å². The SMILES string of the molecule is CCC(CC)(NC(=O)OCC1c2ccccc2-c2ccccc21)C(=O)N1CC=C(C(=O)O)CC1. The van der Waals surface area contributed by atoms with E-state index in [9.17, 15) is 14.4 Å². The van der Waals surface area contributed by atoms with Crippen LogP contribution in [0.25, 0.3) is 11.1 Å². The highest BCUT2D eigenvalue weighted by Crippen LogP contribution is 2.44. The molecule has 2 N–H and O–H groups in total. The minimum Gasteiger partial charge on any atom is -0.478 e. The molecule has 0 aromatic heterocycles. The molecule has 7 heteroatoms. The van der Waals surface area contributed by atoms with Crippen molar-refractivity contribution in [3.8, 4) is 11.1 Å². The molecular formula is C27H30N2O5. The number of amides is 2. The monoisotopic (exact) mass is 462 g/mol. The van der Waals surface area contributed by atoms with Crippen LogP contribution in [0.3, 0.4) is 0 Å². The molecule has 2 aromatic rings. The Kier molecular flexibility index (Phi) is 6.72. The number of carbonyl (C=O) groups excluding carboxylic acids is 2. The molecular weight excluding hydrogens is 432 g/mol. The Labute approximate surface area is 199 Å². The molecule has 4 rings (SSSR count). The number of alkyl carbamates (subject to hydrolysis) is 1. The zero-order valence-electron chi connectivity index (χ0n) is 19.5. The second kappa shape index (κ2) is 9.71. The van der Waals surface area contributed by atoms with Gasteiger partial charge in [0.1, 0.15) is 12.1 Å². The van der Waals surface area contributed by atoms with Crippen molar-refractivity contribution >= 4 is 18.0 Å². The van der Waals surface area contributed by atoms with E-state index in [1.54, 1.807) is 11.0 Å². The number of carboxylic acid groups (broad SMARTS) is 1. The van der Waals surface area contributed by atoms with Crippen LogP contribution in [-0.2, 0) is 14.3 Å². The lowest BCUT2D eigenvalue weighted by Gasteiger charge is -2.37. The molecule has 1 aliphatic carbocycles. The molecule has 34 heavy (non-hydrogen) atoms. The normalized spacial score (nSPS) is 15.2. The molecule has 0 fully saturated rings. The van der Waals surface area contributed by atoms with Gasteiger partial charge in [-0.1, -0.05) is 68.5 Å². The van der Waals surface area contributed by atoms with Gasteiger partial charge in [-0.3, -0.25) is 4.79 Å². The van der Waals surface area contributed by atoms with Crippen molar-refractivity contribution in [2.24, 2.45) is 0 Å². The molecule has 0 spiro atoms. The topological polar surface area (TPSA) is 95.9 Å². The summed E-state index contributed by atoms with van der Waals surface area (Å²) in [4.78, 5) is 39.0. The van der Waals surface area contributed by atoms with Crippen LogP contribution in [0, 0.1) is 0 Å². The second-order valence-corrected chi connectivity index (χ2v) is 8.78. The van der Waals surface area contributed by atoms with E-state index >= 15 is 0 Å². The maximum atomic E-state index is 13.4. The predicted molar refractivity (Wildman–Crippen MR) is 128 cm³/mol. The maximum absolute atomic E-state index is 13.4. The molecule has 7 nitrogen and oxygen atoms in total. The summed E-state index contributed by atoms with van der Waals surface area (Å²) < 4.78 is 5.67. The van der Waals surface area contributed by atoms with E-state index in [-0.39, 0.29) is 31.4 Å². The Morgan fingerprint density at radius 3 is 2.12 bits per heavy atom. The van der Waals surface area contributed by atoms with Crippen molar-refractivity contribution in [3.05, 3.63) is 71.3 Å². The number of hydrogen-bond acceptors (Lipinski definition) is 4. The summed E-state index contributed by atoms with van der Waals surface area (Å²) in [6, 6.07) is 16.2. The fraction of sp³-hybridized carbons (Fsp3) is 0.370. The third kappa shape index (κ3) is 4.30. The van der Waals surface area contributed by atoms with E-state index in [2.05, 4.69) is 29.6 Å². The Bertz CT molecular complexity index is 1090. The number of benzene rings is 2. The summed E-state index contributed by atoms with van der Waals surface area (Å²) in [6.07, 6.45) is 2.03. The number of fused-ring (bicyclic) bond motifs is 3. The van der Waals surface area contributed by atoms with Crippen molar-refractivity contribution in [2.75, 3.05) is 19.7 Å². The van der Waals surface area contributed by atoms with Crippen molar-refractivity contribution in [2.45, 2.75) is 44.6 Å². The van der Waals surface area contributed by atoms with Crippen LogP contribution in [0.4, 0.5) is 4.79 Å². The summed E-state index contributed by atoms with van der Waals surface area (Å²) in [5.74, 6) is -1.24. The van der Waals surface area contributed by atoms with Gasteiger partial charge in [-0.25, -0.2) is 9.59 Å². The third-order valence-corrected chi connectivity index (χ3v) is 7.07. The number of nitrogens with zero attached hydrogens (tertiary/aromatic N) is 1. The zero-order valence-corrected chi connectivity index (χ0v) is 19.5. The molecule has 1 aliphatic heterocycles. The molecule has 0 saturated carbocycles. The molecule has 0 unspecified atom stereocenters. The van der Waals surface area contributed by atoms with Crippen LogP contribution < -0.4 is 5.32 Å². The average molecular weight is 463 g/mol. The van der Waals surface area contributed by atoms with Gasteiger partial charge in [0.25, 0.3) is 0 Å². The maximum Gasteiger partial charge on any atom is 0.408 e. The van der Waals surface area contributed by atoms with Crippen molar-refractivity contribution < 1.29 is 24.2 Å². The first-order chi connectivity index (χ1) is 16.4. The highest BCUT2D eigenvalue weighted by Gasteiger charge is 2.41. The van der Waals surface area contributed by atoms with Crippen LogP contribution in [0.15, 0.2) is 60.2 Å². The molecule has 0 bridgehead atoms. The van der Waals surface area contributed by atoms with Crippen LogP contribution in [0.2, 0.25) is 0 Å². The minimum absolute atomic E-state index is 0.0619. The van der Waals surface area contributed by atoms with Gasteiger partial charge in [0.2, 0.25) is 5.91 Å². The fourth-order valence-corrected chi connectivity index (χ4v) is 4.96. The van der Waals surface area contributed by atoms with Crippen LogP contribution in [-0.4, -0.2) is 53.2 Å². The molecule has 2 aromatic carbocycles. The average Bonchev–Trinajstić information content (AvgIpc) is 3.19. The predicted octanol–water partition coefficient (Wildman–Crippen LogP) is 4.33. The molecule has 0 atom stereocenters. The Morgan fingerprint density at radius 2 is 1.62 bits per heavy atom. The number of ether oxygens (including phenoxy) is 1. The quantitative estimate of drug-likeness (QED) is 0.639. The first kappa shape index (κ1) is 23.5. The highest BCUT2D eigenvalue weighted by molar-refractivity contribution is 5.91. The molecule has 2 amide bonds. The number of rotatable bonds is 7. The summed E-state index contributed by atoms with van der Waals surface area (Å²) in [5.41, 5.74) is 3.76. The second-order valence-electron chi connectivity index (χ2n) is 8.78. The number of hydrogen-bond donors (Lipinski definition) is 2. The number of aliphatic carboxylic acids is 1. The summed E-state index contributed by atoms with van der Waals surface area (Å²) in [6.45, 7) is 4.41. The Morgan fingerprint density at radius 1 is 1.03 bits per heavy atom. The summed E-state index contributed by atoms with van der Waals surface area (Å²) >= 11 is 0. The first-order valence-corrected chi connectivity index (χ1v) is 11.7. The Hall–Kier alpha value is -3.61. The smallest absolute Gasteiger partial charge is 0.408 e. The van der Waals surface area contributed by atoms with Crippen molar-refractivity contribution in [3.63, 3.8) is 0 Å². The van der Waals surface area contributed by atoms with Gasteiger partial charge in [-0.05, 0) is 41.5 Å². The fourth-order valence-electron chi connectivity index (χ4n) is 4.96. The first-order valence-electron chi connectivity index (χ1n) is 11.7.